The Labute approximate surface area is 122 Å². The van der Waals surface area contributed by atoms with Crippen molar-refractivity contribution in [3.63, 3.8) is 0 Å². The van der Waals surface area contributed by atoms with E-state index in [9.17, 15) is 4.79 Å². The summed E-state index contributed by atoms with van der Waals surface area (Å²) in [5.74, 6) is 0.864. The molecule has 1 aromatic carbocycles. The van der Waals surface area contributed by atoms with Gasteiger partial charge in [-0.15, -0.1) is 11.3 Å². The summed E-state index contributed by atoms with van der Waals surface area (Å²) in [5.41, 5.74) is 1.88. The average molecular weight is 290 g/mol. The molecular weight excluding hydrogens is 272 g/mol. The molecule has 1 aromatic heterocycles. The zero-order chi connectivity index (χ0) is 14.4. The van der Waals surface area contributed by atoms with Gasteiger partial charge >= 0.3 is 0 Å². The number of nitrogens with zero attached hydrogens (tertiary/aromatic N) is 1. The first-order valence-electron chi connectivity index (χ1n) is 6.71. The van der Waals surface area contributed by atoms with Crippen LogP contribution in [0.4, 0.5) is 5.13 Å². The highest BCUT2D eigenvalue weighted by Gasteiger charge is 2.07. The molecule has 1 heterocycles. The molecule has 0 fully saturated rings. The molecule has 0 bridgehead atoms. The van der Waals surface area contributed by atoms with E-state index < -0.39 is 0 Å². The molecular formula is C15H18N2O2S. The average Bonchev–Trinajstić information content (AvgIpc) is 2.88. The van der Waals surface area contributed by atoms with Crippen LogP contribution in [0, 0.1) is 0 Å². The second-order valence-electron chi connectivity index (χ2n) is 4.29. The summed E-state index contributed by atoms with van der Waals surface area (Å²) in [5, 5.41) is 5.40. The first-order valence-corrected chi connectivity index (χ1v) is 7.59. The van der Waals surface area contributed by atoms with Gasteiger partial charge in [0, 0.05) is 17.4 Å². The van der Waals surface area contributed by atoms with Gasteiger partial charge in [0.2, 0.25) is 5.91 Å². The molecule has 0 unspecified atom stereocenters. The Morgan fingerprint density at radius 2 is 2.05 bits per heavy atom. The number of amides is 1. The number of thiazole rings is 1. The molecule has 0 saturated carbocycles. The van der Waals surface area contributed by atoms with E-state index in [1.54, 1.807) is 0 Å². The minimum absolute atomic E-state index is 0.0140. The second kappa shape index (κ2) is 7.05. The van der Waals surface area contributed by atoms with Crippen LogP contribution in [0.2, 0.25) is 0 Å². The zero-order valence-electron chi connectivity index (χ0n) is 11.7. The monoisotopic (exact) mass is 290 g/mol. The number of rotatable bonds is 6. The van der Waals surface area contributed by atoms with E-state index in [0.29, 0.717) is 18.2 Å². The zero-order valence-corrected chi connectivity index (χ0v) is 12.5. The van der Waals surface area contributed by atoms with Crippen LogP contribution in [0.5, 0.6) is 5.75 Å². The summed E-state index contributed by atoms with van der Waals surface area (Å²) in [6.07, 6.45) is 1.36. The molecule has 5 heteroatoms. The van der Waals surface area contributed by atoms with E-state index in [0.717, 1.165) is 23.4 Å². The molecule has 20 heavy (non-hydrogen) atoms. The Morgan fingerprint density at radius 3 is 2.70 bits per heavy atom. The highest BCUT2D eigenvalue weighted by Crippen LogP contribution is 2.26. The number of nitrogens with one attached hydrogen (secondary N) is 1. The van der Waals surface area contributed by atoms with Gasteiger partial charge in [0.25, 0.3) is 0 Å². The third kappa shape index (κ3) is 3.81. The normalized spacial score (nSPS) is 10.3. The van der Waals surface area contributed by atoms with Crippen molar-refractivity contribution < 1.29 is 9.53 Å². The lowest BCUT2D eigenvalue weighted by Crippen LogP contribution is -2.10. The molecule has 4 nitrogen and oxygen atoms in total. The first kappa shape index (κ1) is 14.5. The summed E-state index contributed by atoms with van der Waals surface area (Å²) in [6.45, 7) is 4.59. The van der Waals surface area contributed by atoms with E-state index in [1.165, 1.54) is 11.3 Å². The topological polar surface area (TPSA) is 51.2 Å². The number of benzene rings is 1. The Morgan fingerprint density at radius 1 is 1.30 bits per heavy atom. The smallest absolute Gasteiger partial charge is 0.226 e. The highest BCUT2D eigenvalue weighted by molar-refractivity contribution is 7.14. The maximum Gasteiger partial charge on any atom is 0.226 e. The van der Waals surface area contributed by atoms with Crippen molar-refractivity contribution in [1.29, 1.82) is 0 Å². The van der Waals surface area contributed by atoms with Crippen LogP contribution in [0.3, 0.4) is 0 Å². The molecule has 106 valence electrons. The molecule has 1 N–H and O–H groups in total. The Balaban J connectivity index is 2.06. The second-order valence-corrected chi connectivity index (χ2v) is 5.15. The van der Waals surface area contributed by atoms with Crippen molar-refractivity contribution in [3.8, 4) is 17.0 Å². The van der Waals surface area contributed by atoms with Crippen molar-refractivity contribution >= 4 is 22.4 Å². The van der Waals surface area contributed by atoms with E-state index in [-0.39, 0.29) is 5.91 Å². The summed E-state index contributed by atoms with van der Waals surface area (Å²) < 4.78 is 5.41. The van der Waals surface area contributed by atoms with Crippen LogP contribution in [-0.4, -0.2) is 17.5 Å². The third-order valence-corrected chi connectivity index (χ3v) is 3.45. The maximum absolute atomic E-state index is 11.5. The minimum atomic E-state index is 0.0140. The molecule has 0 aliphatic heterocycles. The van der Waals surface area contributed by atoms with Crippen molar-refractivity contribution in [2.24, 2.45) is 0 Å². The van der Waals surface area contributed by atoms with Crippen molar-refractivity contribution in [2.45, 2.75) is 26.7 Å². The van der Waals surface area contributed by atoms with E-state index in [1.807, 2.05) is 43.5 Å². The number of hydrogen-bond donors (Lipinski definition) is 1. The Hall–Kier alpha value is -1.88. The van der Waals surface area contributed by atoms with Gasteiger partial charge in [0.05, 0.1) is 12.3 Å². The van der Waals surface area contributed by atoms with Gasteiger partial charge in [-0.05, 0) is 37.6 Å². The van der Waals surface area contributed by atoms with Gasteiger partial charge in [-0.3, -0.25) is 4.79 Å². The summed E-state index contributed by atoms with van der Waals surface area (Å²) in [7, 11) is 0. The Bertz CT molecular complexity index is 564. The fourth-order valence-electron chi connectivity index (χ4n) is 1.76. The number of carbonyl (C=O) groups is 1. The van der Waals surface area contributed by atoms with Crippen LogP contribution < -0.4 is 10.1 Å². The number of hydrogen-bond acceptors (Lipinski definition) is 4. The molecule has 0 radical (unpaired) electrons. The quantitative estimate of drug-likeness (QED) is 0.876. The minimum Gasteiger partial charge on any atom is -0.494 e. The van der Waals surface area contributed by atoms with Crippen molar-refractivity contribution in [3.05, 3.63) is 29.6 Å². The largest absolute Gasteiger partial charge is 0.494 e. The maximum atomic E-state index is 11.5. The van der Waals surface area contributed by atoms with Gasteiger partial charge in [0.1, 0.15) is 5.75 Å². The van der Waals surface area contributed by atoms with Crippen LogP contribution in [0.15, 0.2) is 29.6 Å². The van der Waals surface area contributed by atoms with Gasteiger partial charge in [-0.25, -0.2) is 4.98 Å². The molecule has 0 aliphatic rings. The van der Waals surface area contributed by atoms with Gasteiger partial charge in [-0.1, -0.05) is 6.92 Å². The van der Waals surface area contributed by atoms with Crippen molar-refractivity contribution in [2.75, 3.05) is 11.9 Å². The van der Waals surface area contributed by atoms with Crippen LogP contribution in [0.25, 0.3) is 11.3 Å². The lowest BCUT2D eigenvalue weighted by molar-refractivity contribution is -0.116. The lowest BCUT2D eigenvalue weighted by atomic mass is 10.2. The molecule has 2 rings (SSSR count). The van der Waals surface area contributed by atoms with Crippen molar-refractivity contribution in [1.82, 2.24) is 4.98 Å². The fourth-order valence-corrected chi connectivity index (χ4v) is 2.50. The number of aromatic nitrogens is 1. The van der Waals surface area contributed by atoms with Gasteiger partial charge in [-0.2, -0.15) is 0 Å². The van der Waals surface area contributed by atoms with E-state index in [2.05, 4.69) is 10.3 Å². The van der Waals surface area contributed by atoms with Gasteiger partial charge < -0.3 is 10.1 Å². The molecule has 0 aliphatic carbocycles. The number of ether oxygens (including phenoxy) is 1. The van der Waals surface area contributed by atoms with Crippen LogP contribution in [-0.2, 0) is 4.79 Å². The van der Waals surface area contributed by atoms with E-state index >= 15 is 0 Å². The number of anilines is 1. The first-order chi connectivity index (χ1) is 9.72. The predicted octanol–water partition coefficient (Wildman–Crippen LogP) is 3.95. The lowest BCUT2D eigenvalue weighted by Gasteiger charge is -2.03. The predicted molar refractivity (Wildman–Crippen MR) is 82.3 cm³/mol. The van der Waals surface area contributed by atoms with Crippen LogP contribution >= 0.6 is 11.3 Å². The molecule has 0 saturated heterocycles. The third-order valence-electron chi connectivity index (χ3n) is 2.69. The van der Waals surface area contributed by atoms with Gasteiger partial charge in [0.15, 0.2) is 5.13 Å². The SMILES string of the molecule is CCCC(=O)Nc1nc(-c2ccc(OCC)cc2)cs1. The molecule has 2 aromatic rings. The summed E-state index contributed by atoms with van der Waals surface area (Å²) in [6, 6.07) is 7.79. The Kier molecular flexibility index (Phi) is 5.12. The van der Waals surface area contributed by atoms with Crippen LogP contribution in [0.1, 0.15) is 26.7 Å². The molecule has 1 amide bonds. The molecule has 0 atom stereocenters. The fraction of sp³-hybridized carbons (Fsp3) is 0.333. The summed E-state index contributed by atoms with van der Waals surface area (Å²) in [4.78, 5) is 15.9. The summed E-state index contributed by atoms with van der Waals surface area (Å²) >= 11 is 1.44. The standard InChI is InChI=1S/C15H18N2O2S/c1-3-5-14(18)17-15-16-13(10-20-15)11-6-8-12(9-7-11)19-4-2/h6-10H,3-5H2,1-2H3,(H,16,17,18). The molecule has 0 spiro atoms. The number of carbonyl (C=O) groups excluding carboxylic acids is 1. The van der Waals surface area contributed by atoms with E-state index in [4.69, 9.17) is 4.74 Å². The highest BCUT2D eigenvalue weighted by atomic mass is 32.1.